The second kappa shape index (κ2) is 6.35. The van der Waals surface area contributed by atoms with Crippen molar-refractivity contribution in [2.45, 2.75) is 43.1 Å². The lowest BCUT2D eigenvalue weighted by atomic mass is 10.2. The maximum absolute atomic E-state index is 13.0. The maximum atomic E-state index is 13.0. The lowest BCUT2D eigenvalue weighted by Gasteiger charge is -2.04. The van der Waals surface area contributed by atoms with Gasteiger partial charge in [0.1, 0.15) is 11.6 Å². The highest BCUT2D eigenvalue weighted by atomic mass is 32.2. The first-order chi connectivity index (χ1) is 11.7. The number of halogens is 1. The van der Waals surface area contributed by atoms with Crippen molar-refractivity contribution >= 4 is 11.8 Å². The van der Waals surface area contributed by atoms with Gasteiger partial charge in [-0.3, -0.25) is 0 Å². The van der Waals surface area contributed by atoms with E-state index in [-0.39, 0.29) is 5.82 Å². The summed E-state index contributed by atoms with van der Waals surface area (Å²) in [5.41, 5.74) is 0.702. The second-order valence-electron chi connectivity index (χ2n) is 5.67. The summed E-state index contributed by atoms with van der Waals surface area (Å²) in [5.74, 6) is 2.88. The molecule has 0 bridgehead atoms. The third-order valence-corrected chi connectivity index (χ3v) is 4.86. The predicted octanol–water partition coefficient (Wildman–Crippen LogP) is 3.66. The fourth-order valence-corrected chi connectivity index (χ4v) is 3.35. The van der Waals surface area contributed by atoms with Gasteiger partial charge in [-0.2, -0.15) is 4.98 Å². The quantitative estimate of drug-likeness (QED) is 0.635. The van der Waals surface area contributed by atoms with Gasteiger partial charge in [-0.25, -0.2) is 4.39 Å². The molecule has 1 saturated carbocycles. The van der Waals surface area contributed by atoms with Crippen molar-refractivity contribution in [2.75, 3.05) is 0 Å². The average molecular weight is 345 g/mol. The van der Waals surface area contributed by atoms with E-state index in [9.17, 15) is 4.39 Å². The normalized spacial score (nSPS) is 14.2. The van der Waals surface area contributed by atoms with Gasteiger partial charge >= 0.3 is 0 Å². The zero-order chi connectivity index (χ0) is 16.5. The van der Waals surface area contributed by atoms with Crippen molar-refractivity contribution in [3.63, 3.8) is 0 Å². The van der Waals surface area contributed by atoms with E-state index in [0.717, 1.165) is 17.5 Å². The fourth-order valence-electron chi connectivity index (χ4n) is 2.50. The number of aromatic nitrogens is 5. The van der Waals surface area contributed by atoms with Gasteiger partial charge in [-0.15, -0.1) is 10.2 Å². The summed E-state index contributed by atoms with van der Waals surface area (Å²) in [6.07, 6.45) is 2.41. The average Bonchev–Trinajstić information content (AvgIpc) is 3.19. The zero-order valence-electron chi connectivity index (χ0n) is 13.1. The first-order valence-electron chi connectivity index (χ1n) is 7.89. The van der Waals surface area contributed by atoms with E-state index in [2.05, 4.69) is 31.8 Å². The number of hydrogen-bond donors (Lipinski definition) is 0. The van der Waals surface area contributed by atoms with Gasteiger partial charge in [0.25, 0.3) is 5.89 Å². The van der Waals surface area contributed by atoms with E-state index in [1.165, 1.54) is 25.0 Å². The van der Waals surface area contributed by atoms with Crippen LogP contribution in [-0.4, -0.2) is 24.9 Å². The second-order valence-corrected chi connectivity index (χ2v) is 6.61. The van der Waals surface area contributed by atoms with Gasteiger partial charge in [-0.1, -0.05) is 16.9 Å². The topological polar surface area (TPSA) is 69.6 Å². The molecule has 124 valence electrons. The largest absolute Gasteiger partial charge is 0.334 e. The molecule has 0 amide bonds. The minimum Gasteiger partial charge on any atom is -0.334 e. The molecule has 1 aliphatic carbocycles. The Balaban J connectivity index is 1.46. The van der Waals surface area contributed by atoms with Gasteiger partial charge in [0, 0.05) is 18.0 Å². The van der Waals surface area contributed by atoms with Crippen molar-refractivity contribution in [1.82, 2.24) is 24.9 Å². The Hall–Kier alpha value is -2.22. The molecule has 0 saturated heterocycles. The van der Waals surface area contributed by atoms with Gasteiger partial charge in [0.15, 0.2) is 11.0 Å². The van der Waals surface area contributed by atoms with Crippen molar-refractivity contribution < 1.29 is 8.91 Å². The minimum absolute atomic E-state index is 0.292. The number of benzene rings is 1. The van der Waals surface area contributed by atoms with Crippen LogP contribution < -0.4 is 0 Å². The molecular formula is C16H16FN5OS. The third kappa shape index (κ3) is 3.06. The van der Waals surface area contributed by atoms with Gasteiger partial charge < -0.3 is 9.09 Å². The number of nitrogens with zero attached hydrogens (tertiary/aromatic N) is 5. The summed E-state index contributed by atoms with van der Waals surface area (Å²) >= 11 is 1.55. The van der Waals surface area contributed by atoms with Crippen LogP contribution in [0.2, 0.25) is 0 Å². The maximum Gasteiger partial charge on any atom is 0.257 e. The van der Waals surface area contributed by atoms with E-state index >= 15 is 0 Å². The van der Waals surface area contributed by atoms with Gasteiger partial charge in [0.05, 0.1) is 5.75 Å². The molecule has 0 radical (unpaired) electrons. The summed E-state index contributed by atoms with van der Waals surface area (Å²) < 4.78 is 20.4. The molecule has 0 unspecified atom stereocenters. The Morgan fingerprint density at radius 2 is 2.04 bits per heavy atom. The summed E-state index contributed by atoms with van der Waals surface area (Å²) in [5, 5.41) is 13.5. The predicted molar refractivity (Wildman–Crippen MR) is 86.9 cm³/mol. The highest BCUT2D eigenvalue weighted by Gasteiger charge is 2.30. The summed E-state index contributed by atoms with van der Waals surface area (Å²) in [6.45, 7) is 2.95. The molecule has 0 spiro atoms. The minimum atomic E-state index is -0.292. The molecule has 1 aliphatic rings. The highest BCUT2D eigenvalue weighted by Crippen LogP contribution is 2.40. The molecule has 8 heteroatoms. The van der Waals surface area contributed by atoms with Gasteiger partial charge in [0.2, 0.25) is 0 Å². The first kappa shape index (κ1) is 15.3. The Bertz CT molecular complexity index is 841. The van der Waals surface area contributed by atoms with E-state index in [1.807, 2.05) is 0 Å². The lowest BCUT2D eigenvalue weighted by Crippen LogP contribution is -2.02. The highest BCUT2D eigenvalue weighted by molar-refractivity contribution is 7.98. The standard InChI is InChI=1S/C16H16FN5OS/c1-2-22-14(10-3-4-10)19-20-16(22)24-9-13-18-15(23-21-13)11-5-7-12(17)8-6-11/h5-8,10H,2-4,9H2,1H3. The van der Waals surface area contributed by atoms with Crippen LogP contribution in [0.3, 0.4) is 0 Å². The van der Waals surface area contributed by atoms with Crippen LogP contribution in [0.25, 0.3) is 11.5 Å². The van der Waals surface area contributed by atoms with Crippen molar-refractivity contribution in [3.05, 3.63) is 41.7 Å². The molecule has 6 nitrogen and oxygen atoms in total. The SMILES string of the molecule is CCn1c(SCc2noc(-c3ccc(F)cc3)n2)nnc1C1CC1. The lowest BCUT2D eigenvalue weighted by molar-refractivity contribution is 0.425. The molecular weight excluding hydrogens is 329 g/mol. The molecule has 1 fully saturated rings. The van der Waals surface area contributed by atoms with E-state index in [0.29, 0.717) is 28.9 Å². The molecule has 0 N–H and O–H groups in total. The van der Waals surface area contributed by atoms with Crippen LogP contribution in [-0.2, 0) is 12.3 Å². The third-order valence-electron chi connectivity index (χ3n) is 3.89. The Labute approximate surface area is 142 Å². The van der Waals surface area contributed by atoms with Crippen LogP contribution >= 0.6 is 11.8 Å². The van der Waals surface area contributed by atoms with Crippen molar-refractivity contribution in [1.29, 1.82) is 0 Å². The first-order valence-corrected chi connectivity index (χ1v) is 8.87. The molecule has 0 atom stereocenters. The molecule has 3 aromatic rings. The van der Waals surface area contributed by atoms with Gasteiger partial charge in [-0.05, 0) is 44.0 Å². The van der Waals surface area contributed by atoms with Crippen LogP contribution in [0.1, 0.15) is 37.3 Å². The van der Waals surface area contributed by atoms with Crippen LogP contribution in [0.4, 0.5) is 4.39 Å². The number of thioether (sulfide) groups is 1. The fraction of sp³-hybridized carbons (Fsp3) is 0.375. The molecule has 1 aromatic carbocycles. The van der Waals surface area contributed by atoms with E-state index < -0.39 is 0 Å². The Kier molecular flexibility index (Phi) is 4.05. The number of hydrogen-bond acceptors (Lipinski definition) is 6. The van der Waals surface area contributed by atoms with Crippen LogP contribution in [0, 0.1) is 5.82 Å². The summed E-state index contributed by atoms with van der Waals surface area (Å²) in [7, 11) is 0. The smallest absolute Gasteiger partial charge is 0.257 e. The molecule has 4 rings (SSSR count). The zero-order valence-corrected chi connectivity index (χ0v) is 14.0. The van der Waals surface area contributed by atoms with E-state index in [4.69, 9.17) is 4.52 Å². The molecule has 2 aromatic heterocycles. The van der Waals surface area contributed by atoms with Crippen molar-refractivity contribution in [2.24, 2.45) is 0 Å². The molecule has 0 aliphatic heterocycles. The van der Waals surface area contributed by atoms with E-state index in [1.54, 1.807) is 23.9 Å². The summed E-state index contributed by atoms with van der Waals surface area (Å²) in [6, 6.07) is 5.99. The molecule has 24 heavy (non-hydrogen) atoms. The van der Waals surface area contributed by atoms with Crippen LogP contribution in [0.5, 0.6) is 0 Å². The monoisotopic (exact) mass is 345 g/mol. The summed E-state index contributed by atoms with van der Waals surface area (Å²) in [4.78, 5) is 4.36. The Morgan fingerprint density at radius 3 is 2.75 bits per heavy atom. The Morgan fingerprint density at radius 1 is 1.25 bits per heavy atom. The number of rotatable bonds is 6. The molecule has 2 heterocycles. The van der Waals surface area contributed by atoms with Crippen molar-refractivity contribution in [3.8, 4) is 11.5 Å². The van der Waals surface area contributed by atoms with Crippen LogP contribution in [0.15, 0.2) is 33.9 Å².